The lowest BCUT2D eigenvalue weighted by Gasteiger charge is -2.32. The number of hydrogen-bond acceptors (Lipinski definition) is 8. The van der Waals surface area contributed by atoms with E-state index in [1.807, 2.05) is 79.7 Å². The first-order chi connectivity index (χ1) is 25.9. The second-order valence-electron chi connectivity index (χ2n) is 16.8. The van der Waals surface area contributed by atoms with Crippen molar-refractivity contribution >= 4 is 58.1 Å². The van der Waals surface area contributed by atoms with E-state index in [1.54, 1.807) is 20.0 Å². The lowest BCUT2D eigenvalue weighted by atomic mass is 9.97. The largest absolute Gasteiger partial charge is 0.361 e. The highest BCUT2D eigenvalue weighted by Gasteiger charge is 2.41. The molecule has 304 valence electrons. The van der Waals surface area contributed by atoms with Crippen molar-refractivity contribution in [1.29, 1.82) is 0 Å². The van der Waals surface area contributed by atoms with Gasteiger partial charge in [0.25, 0.3) is 0 Å². The number of benzene rings is 1. The van der Waals surface area contributed by atoms with Gasteiger partial charge in [0.1, 0.15) is 30.2 Å². The summed E-state index contributed by atoms with van der Waals surface area (Å²) >= 11 is 1.50. The average molecular weight is 783 g/mol. The lowest BCUT2D eigenvalue weighted by molar-refractivity contribution is -0.136. The molecule has 15 heteroatoms. The Hall–Kier alpha value is -4.11. The van der Waals surface area contributed by atoms with Crippen molar-refractivity contribution in [1.82, 2.24) is 42.2 Å². The molecular formula is C40H62N8O6S. The molecule has 55 heavy (non-hydrogen) atoms. The Morgan fingerprint density at radius 3 is 1.69 bits per heavy atom. The molecule has 2 saturated heterocycles. The standard InChI is InChI=1S/C40H62N8O6S/c1-19(2)15-27-35(50)45-31(21(5)6)38(53)47-32(22(7)8)39(54)48-33(23(9)10)40-44-29(18-55-40)36(51)46-30(20(3)4)37(52)43-28(34(49)42-27)16-24-17-41-26-14-12-11-13-25(24)26/h11-14,17,19-23,27-33,40-41,44H,15-16,18H2,1-10H3,(H,42,49)(H,43,52)(H,45,50)(H,46,51)(H,47,53)(H,48,54)/t27-,28+,29+,30?,31?,32-,33?,40?/m1/s1. The average Bonchev–Trinajstić information content (AvgIpc) is 3.76. The van der Waals surface area contributed by atoms with E-state index in [4.69, 9.17) is 0 Å². The number of carbonyl (C=O) groups is 6. The van der Waals surface area contributed by atoms with Crippen LogP contribution in [0.5, 0.6) is 0 Å². The van der Waals surface area contributed by atoms with Crippen molar-refractivity contribution in [3.8, 4) is 0 Å². The van der Waals surface area contributed by atoms with E-state index < -0.39 is 65.9 Å². The molecule has 4 unspecified atom stereocenters. The third kappa shape index (κ3) is 11.2. The predicted octanol–water partition coefficient (Wildman–Crippen LogP) is 2.33. The van der Waals surface area contributed by atoms with E-state index in [1.165, 1.54) is 11.8 Å². The fourth-order valence-corrected chi connectivity index (χ4v) is 8.52. The van der Waals surface area contributed by atoms with E-state index in [2.05, 4.69) is 42.2 Å². The molecule has 6 amide bonds. The zero-order valence-electron chi connectivity index (χ0n) is 33.9. The molecule has 0 aliphatic carbocycles. The summed E-state index contributed by atoms with van der Waals surface area (Å²) in [6.07, 6.45) is 2.15. The van der Waals surface area contributed by atoms with Crippen LogP contribution in [-0.4, -0.2) is 93.8 Å². The van der Waals surface area contributed by atoms with Gasteiger partial charge in [-0.2, -0.15) is 0 Å². The molecule has 0 radical (unpaired) electrons. The Morgan fingerprint density at radius 2 is 1.11 bits per heavy atom. The van der Waals surface area contributed by atoms with Gasteiger partial charge in [0, 0.05) is 29.3 Å². The van der Waals surface area contributed by atoms with E-state index in [0.717, 1.165) is 16.5 Å². The summed E-state index contributed by atoms with van der Waals surface area (Å²) in [5.74, 6) is -3.58. The van der Waals surface area contributed by atoms with Gasteiger partial charge in [0.2, 0.25) is 35.4 Å². The molecule has 8 N–H and O–H groups in total. The summed E-state index contributed by atoms with van der Waals surface area (Å²) in [7, 11) is 0. The van der Waals surface area contributed by atoms with Crippen LogP contribution >= 0.6 is 11.8 Å². The molecule has 8 atom stereocenters. The van der Waals surface area contributed by atoms with Gasteiger partial charge in [0.15, 0.2) is 0 Å². The van der Waals surface area contributed by atoms with Gasteiger partial charge in [0.05, 0.1) is 17.5 Å². The lowest BCUT2D eigenvalue weighted by Crippen LogP contribution is -2.61. The van der Waals surface area contributed by atoms with Crippen molar-refractivity contribution in [3.05, 3.63) is 36.0 Å². The van der Waals surface area contributed by atoms with Gasteiger partial charge in [-0.05, 0) is 47.6 Å². The number of aromatic amines is 1. The Bertz CT molecular complexity index is 1690. The van der Waals surface area contributed by atoms with E-state index >= 15 is 0 Å². The molecule has 0 saturated carbocycles. The van der Waals surface area contributed by atoms with Crippen molar-refractivity contribution in [2.75, 3.05) is 5.75 Å². The van der Waals surface area contributed by atoms with Crippen molar-refractivity contribution < 1.29 is 28.8 Å². The first kappa shape index (κ1) is 43.6. The van der Waals surface area contributed by atoms with Crippen LogP contribution in [0.2, 0.25) is 0 Å². The summed E-state index contributed by atoms with van der Waals surface area (Å²) in [5, 5.41) is 21.5. The first-order valence-corrected chi connectivity index (χ1v) is 20.7. The number of H-pyrrole nitrogens is 1. The zero-order valence-corrected chi connectivity index (χ0v) is 34.7. The number of amides is 6. The predicted molar refractivity (Wildman–Crippen MR) is 216 cm³/mol. The Balaban J connectivity index is 1.76. The van der Waals surface area contributed by atoms with Crippen LogP contribution in [0.4, 0.5) is 0 Å². The number of aromatic nitrogens is 1. The van der Waals surface area contributed by atoms with Crippen LogP contribution in [0, 0.1) is 29.6 Å². The molecule has 2 aliphatic rings. The maximum Gasteiger partial charge on any atom is 0.243 e. The number of nitrogens with one attached hydrogen (secondary N) is 8. The fourth-order valence-electron chi connectivity index (χ4n) is 7.02. The highest BCUT2D eigenvalue weighted by Crippen LogP contribution is 2.26. The molecular weight excluding hydrogens is 721 g/mol. The van der Waals surface area contributed by atoms with Gasteiger partial charge in [-0.25, -0.2) is 0 Å². The molecule has 1 aromatic carbocycles. The maximum absolute atomic E-state index is 14.3. The summed E-state index contributed by atoms with van der Waals surface area (Å²) < 4.78 is 0. The Kier molecular flexibility index (Phi) is 15.2. The highest BCUT2D eigenvalue weighted by molar-refractivity contribution is 8.00. The number of hydrogen-bond donors (Lipinski definition) is 8. The number of rotatable bonds is 8. The van der Waals surface area contributed by atoms with Gasteiger partial charge in [-0.3, -0.25) is 34.1 Å². The van der Waals surface area contributed by atoms with E-state index in [-0.39, 0.29) is 59.6 Å². The molecule has 2 fully saturated rings. The second-order valence-corrected chi connectivity index (χ2v) is 17.9. The number of para-hydroxylation sites is 1. The van der Waals surface area contributed by atoms with Gasteiger partial charge in [-0.1, -0.05) is 87.4 Å². The molecule has 0 spiro atoms. The van der Waals surface area contributed by atoms with E-state index in [0.29, 0.717) is 5.75 Å². The third-order valence-corrected chi connectivity index (χ3v) is 11.6. The molecule has 4 rings (SSSR count). The summed E-state index contributed by atoms with van der Waals surface area (Å²) in [6.45, 7) is 18.7. The SMILES string of the molecule is CC(C)C[C@H]1NC(=O)[C@H](Cc2c[nH]c3ccccc23)NC(=O)C(C(C)C)NC(=O)[C@@H]2CSC(N2)C(C(C)C)NC(=O)[C@@H](C(C)C)NC(=O)C(C(C)C)NC1=O. The Morgan fingerprint density at radius 1 is 0.600 bits per heavy atom. The van der Waals surface area contributed by atoms with Crippen LogP contribution in [0.3, 0.4) is 0 Å². The molecule has 2 aliphatic heterocycles. The summed E-state index contributed by atoms with van der Waals surface area (Å²) in [4.78, 5) is 87.2. The van der Waals surface area contributed by atoms with Crippen LogP contribution in [0.1, 0.15) is 81.2 Å². The van der Waals surface area contributed by atoms with Crippen LogP contribution in [0.25, 0.3) is 10.9 Å². The van der Waals surface area contributed by atoms with Crippen LogP contribution in [-0.2, 0) is 35.2 Å². The Labute approximate surface area is 329 Å². The smallest absolute Gasteiger partial charge is 0.243 e. The normalized spacial score (nSPS) is 28.2. The number of fused-ring (bicyclic) bond motifs is 3. The minimum atomic E-state index is -1.12. The minimum absolute atomic E-state index is 0.0240. The molecule has 2 bridgehead atoms. The third-order valence-electron chi connectivity index (χ3n) is 10.3. The number of carbonyl (C=O) groups excluding carboxylic acids is 6. The molecule has 3 heterocycles. The minimum Gasteiger partial charge on any atom is -0.361 e. The van der Waals surface area contributed by atoms with Crippen LogP contribution < -0.4 is 37.2 Å². The van der Waals surface area contributed by atoms with Crippen LogP contribution in [0.15, 0.2) is 30.5 Å². The molecule has 14 nitrogen and oxygen atoms in total. The fraction of sp³-hybridized carbons (Fsp3) is 0.650. The number of thioether (sulfide) groups is 1. The monoisotopic (exact) mass is 782 g/mol. The van der Waals surface area contributed by atoms with Crippen molar-refractivity contribution in [2.45, 2.75) is 130 Å². The van der Waals surface area contributed by atoms with E-state index in [9.17, 15) is 28.8 Å². The molecule has 2 aromatic rings. The molecule has 1 aromatic heterocycles. The summed E-state index contributed by atoms with van der Waals surface area (Å²) in [6, 6.07) is 1.52. The summed E-state index contributed by atoms with van der Waals surface area (Å²) in [5.41, 5.74) is 1.65. The van der Waals surface area contributed by atoms with Gasteiger partial charge in [-0.15, -0.1) is 11.8 Å². The van der Waals surface area contributed by atoms with Gasteiger partial charge < -0.3 is 36.9 Å². The van der Waals surface area contributed by atoms with Gasteiger partial charge >= 0.3 is 0 Å². The second kappa shape index (κ2) is 19.2. The first-order valence-electron chi connectivity index (χ1n) is 19.6. The topological polar surface area (TPSA) is 202 Å². The zero-order chi connectivity index (χ0) is 40.7. The quantitative estimate of drug-likeness (QED) is 0.199. The highest BCUT2D eigenvalue weighted by atomic mass is 32.2. The maximum atomic E-state index is 14.3. The van der Waals surface area contributed by atoms with Crippen molar-refractivity contribution in [2.24, 2.45) is 29.6 Å². The van der Waals surface area contributed by atoms with Crippen molar-refractivity contribution in [3.63, 3.8) is 0 Å².